The number of aliphatic hydroxyl groups excluding tert-OH is 4. The molecule has 0 rings (SSSR count). The van der Waals surface area contributed by atoms with E-state index in [0.29, 0.717) is 0 Å². The second kappa shape index (κ2) is 26.3. The molecule has 13 nitrogen and oxygen atoms in total. The van der Waals surface area contributed by atoms with Crippen molar-refractivity contribution in [3.63, 3.8) is 0 Å². The summed E-state index contributed by atoms with van der Waals surface area (Å²) < 4.78 is 7.22. The van der Waals surface area contributed by atoms with Crippen LogP contribution in [0, 0.1) is 0 Å². The van der Waals surface area contributed by atoms with Gasteiger partial charge in [-0.3, -0.25) is 0 Å². The van der Waals surface area contributed by atoms with Gasteiger partial charge < -0.3 is 40.1 Å². The van der Waals surface area contributed by atoms with Crippen LogP contribution in [0.4, 0.5) is 4.79 Å². The van der Waals surface area contributed by atoms with E-state index in [9.17, 15) is 24.0 Å². The number of hydrogen-bond acceptors (Lipinski definition) is 11. The number of ether oxygens (including phenoxy) is 2. The Morgan fingerprint density at radius 3 is 0.929 bits per heavy atom. The first-order chi connectivity index (χ1) is 9.98. The van der Waals surface area contributed by atoms with Crippen molar-refractivity contribution in [2.24, 2.45) is 0 Å². The molecule has 0 radical (unpaired) electrons. The number of rotatable bonds is 6. The van der Waals surface area contributed by atoms with Gasteiger partial charge >= 0.3 is 251 Å². The van der Waals surface area contributed by atoms with Crippen LogP contribution in [0.15, 0.2) is 0 Å². The Bertz CT molecular complexity index is 466. The second-order valence-corrected chi connectivity index (χ2v) is 3.55. The summed E-state index contributed by atoms with van der Waals surface area (Å²) >= 11 is 0. The predicted molar refractivity (Wildman–Crippen MR) is 99.8 cm³/mol. The molecule has 28 heavy (non-hydrogen) atoms. The Labute approximate surface area is 331 Å². The van der Waals surface area contributed by atoms with E-state index in [-0.39, 0.29) is 221 Å². The van der Waals surface area contributed by atoms with Gasteiger partial charge in [-0.05, 0) is 0 Å². The number of carboxylic acids is 2. The molecular formula is C9H16K2Na4O13. The van der Waals surface area contributed by atoms with Crippen LogP contribution >= 0.6 is 0 Å². The van der Waals surface area contributed by atoms with E-state index in [0.717, 1.165) is 0 Å². The molecule has 0 aromatic rings. The summed E-state index contributed by atoms with van der Waals surface area (Å²) in [7, 11) is 0. The molecule has 0 aliphatic carbocycles. The van der Waals surface area contributed by atoms with Crippen LogP contribution in [0.2, 0.25) is 0 Å². The first kappa shape index (κ1) is 49.7. The van der Waals surface area contributed by atoms with Gasteiger partial charge in [-0.2, -0.15) is 0 Å². The fourth-order valence-corrected chi connectivity index (χ4v) is 0.834. The third-order valence-electron chi connectivity index (χ3n) is 1.96. The number of aliphatic carboxylic acids is 2. The van der Waals surface area contributed by atoms with Crippen LogP contribution in [0.3, 0.4) is 0 Å². The first-order valence-electron chi connectivity index (χ1n) is 5.14. The molecule has 0 bridgehead atoms. The Balaban J connectivity index is -0.000000147. The zero-order valence-corrected chi connectivity index (χ0v) is 10.4. The van der Waals surface area contributed by atoms with Crippen molar-refractivity contribution in [1.82, 2.24) is 0 Å². The molecule has 0 amide bonds. The number of esters is 2. The molecule has 0 saturated heterocycles. The molecule has 0 heterocycles. The van der Waals surface area contributed by atoms with E-state index < -0.39 is 54.4 Å². The molecule has 0 aliphatic heterocycles. The summed E-state index contributed by atoms with van der Waals surface area (Å²) in [6, 6.07) is 0. The van der Waals surface area contributed by atoms with Gasteiger partial charge in [-0.1, -0.05) is 0 Å². The van der Waals surface area contributed by atoms with Gasteiger partial charge in [0.05, 0.1) is 0 Å². The van der Waals surface area contributed by atoms with Crippen molar-refractivity contribution in [1.29, 1.82) is 0 Å². The quantitative estimate of drug-likeness (QED) is 0.113. The standard InChI is InChI=1S/C9H10O13.2K.4Na.6H/c10-1(5(14)15)3(12)7(18)21-9(20)22-8(19)4(13)2(11)6(16)17;;;;;;;;;;;;/h1-4,10-13H,(H,14,15)(H,16,17);;;;;;;;;;;;. The van der Waals surface area contributed by atoms with Crippen molar-refractivity contribution in [2.45, 2.75) is 24.4 Å². The maximum absolute atomic E-state index is 11.0. The molecule has 4 atom stereocenters. The predicted octanol–water partition coefficient (Wildman–Crippen LogP) is -8.09. The normalized spacial score (nSPS) is 12.4. The molecule has 4 unspecified atom stereocenters. The second-order valence-electron chi connectivity index (χ2n) is 3.55. The SMILES string of the molecule is O=C(OC(=O)C(O)C(O)C(=O)O)OC(=O)C(O)C(O)C(=O)O.[KH].[KH].[NaH].[NaH].[NaH].[NaH]. The Hall–Kier alpha value is 4.66. The summed E-state index contributed by atoms with van der Waals surface area (Å²) in [5, 5.41) is 52.0. The molecule has 136 valence electrons. The van der Waals surface area contributed by atoms with Crippen LogP contribution in [-0.4, -0.2) is 306 Å². The summed E-state index contributed by atoms with van der Waals surface area (Å²) in [5.41, 5.74) is 0. The van der Waals surface area contributed by atoms with E-state index >= 15 is 0 Å². The van der Waals surface area contributed by atoms with Gasteiger partial charge in [0.15, 0.2) is 24.4 Å². The molecule has 0 spiro atoms. The van der Waals surface area contributed by atoms with Crippen LogP contribution in [0.25, 0.3) is 0 Å². The van der Waals surface area contributed by atoms with Crippen molar-refractivity contribution in [3.8, 4) is 0 Å². The van der Waals surface area contributed by atoms with Gasteiger partial charge in [0, 0.05) is 0 Å². The minimum absolute atomic E-state index is 0. The maximum atomic E-state index is 11.0. The van der Waals surface area contributed by atoms with Crippen molar-refractivity contribution in [3.05, 3.63) is 0 Å². The minimum atomic E-state index is -2.69. The number of carbonyl (C=O) groups is 5. The Kier molecular flexibility index (Phi) is 46.7. The van der Waals surface area contributed by atoms with Crippen LogP contribution in [0.1, 0.15) is 0 Å². The van der Waals surface area contributed by atoms with E-state index in [1.807, 2.05) is 0 Å². The molecule has 6 N–H and O–H groups in total. The van der Waals surface area contributed by atoms with E-state index in [1.54, 1.807) is 0 Å². The average molecular weight is 502 g/mol. The van der Waals surface area contributed by atoms with E-state index in [4.69, 9.17) is 30.6 Å². The average Bonchev–Trinajstić information content (AvgIpc) is 2.43. The van der Waals surface area contributed by atoms with Crippen LogP contribution in [0.5, 0.6) is 0 Å². The molecule has 19 heteroatoms. The summed E-state index contributed by atoms with van der Waals surface area (Å²) in [4.78, 5) is 53.3. The summed E-state index contributed by atoms with van der Waals surface area (Å²) in [6.07, 6.45) is -12.8. The Morgan fingerprint density at radius 1 is 0.536 bits per heavy atom. The molecule has 0 aliphatic rings. The molecule has 0 aromatic carbocycles. The summed E-state index contributed by atoms with van der Waals surface area (Å²) in [5.74, 6) is -8.04. The molecule has 0 aromatic heterocycles. The molecule has 0 fully saturated rings. The third kappa shape index (κ3) is 20.1. The monoisotopic (exact) mass is 502 g/mol. The number of carboxylic acid groups (broad SMARTS) is 2. The summed E-state index contributed by atoms with van der Waals surface area (Å²) in [6.45, 7) is 0. The number of aliphatic hydroxyl groups is 4. The van der Waals surface area contributed by atoms with Crippen molar-refractivity contribution < 1.29 is 64.1 Å². The van der Waals surface area contributed by atoms with E-state index in [1.165, 1.54) is 0 Å². The van der Waals surface area contributed by atoms with Crippen LogP contribution < -0.4 is 0 Å². The molecule has 0 saturated carbocycles. The number of carbonyl (C=O) groups excluding carboxylic acids is 3. The van der Waals surface area contributed by atoms with Gasteiger partial charge in [0.1, 0.15) is 0 Å². The fraction of sp³-hybridized carbons (Fsp3) is 0.444. The van der Waals surface area contributed by atoms with Gasteiger partial charge in [0.2, 0.25) is 0 Å². The third-order valence-corrected chi connectivity index (χ3v) is 1.96. The van der Waals surface area contributed by atoms with E-state index in [2.05, 4.69) is 9.47 Å². The molecular weight excluding hydrogens is 486 g/mol. The zero-order valence-electron chi connectivity index (χ0n) is 10.4. The van der Waals surface area contributed by atoms with Crippen molar-refractivity contribution >= 4 is 251 Å². The fourth-order valence-electron chi connectivity index (χ4n) is 0.834. The topological polar surface area (TPSA) is 225 Å². The Morgan fingerprint density at radius 2 is 0.750 bits per heavy atom. The number of hydrogen-bond donors (Lipinski definition) is 6. The van der Waals surface area contributed by atoms with Crippen LogP contribution in [-0.2, 0) is 28.7 Å². The van der Waals surface area contributed by atoms with Gasteiger partial charge in [0.25, 0.3) is 0 Å². The first-order valence-corrected chi connectivity index (χ1v) is 5.14. The van der Waals surface area contributed by atoms with Crippen molar-refractivity contribution in [2.75, 3.05) is 0 Å². The van der Waals surface area contributed by atoms with Gasteiger partial charge in [-0.25, -0.2) is 24.0 Å². The zero-order chi connectivity index (χ0) is 17.6. The van der Waals surface area contributed by atoms with Gasteiger partial charge in [-0.15, -0.1) is 0 Å².